The molecule has 112 valence electrons. The number of nitrogens with one attached hydrogen (secondary N) is 1. The lowest BCUT2D eigenvalue weighted by Gasteiger charge is -2.18. The molecule has 0 heterocycles. The SMILES string of the molecule is CCCNC(C)c1ccccc1Oc1cc(C)cc(C)c1. The van der Waals surface area contributed by atoms with Gasteiger partial charge in [0.15, 0.2) is 0 Å². The Labute approximate surface area is 128 Å². The lowest BCUT2D eigenvalue weighted by atomic mass is 10.1. The smallest absolute Gasteiger partial charge is 0.132 e. The molecule has 0 aliphatic carbocycles. The van der Waals surface area contributed by atoms with Gasteiger partial charge in [0.2, 0.25) is 0 Å². The number of ether oxygens (including phenoxy) is 1. The molecule has 2 aromatic carbocycles. The summed E-state index contributed by atoms with van der Waals surface area (Å²) in [6.45, 7) is 9.56. The van der Waals surface area contributed by atoms with Crippen LogP contribution in [0, 0.1) is 13.8 Å². The Hall–Kier alpha value is -1.80. The van der Waals surface area contributed by atoms with Gasteiger partial charge < -0.3 is 10.1 Å². The van der Waals surface area contributed by atoms with E-state index >= 15 is 0 Å². The average Bonchev–Trinajstić information content (AvgIpc) is 2.44. The molecule has 2 aromatic rings. The zero-order chi connectivity index (χ0) is 15.2. The van der Waals surface area contributed by atoms with Crippen LogP contribution in [-0.2, 0) is 0 Å². The van der Waals surface area contributed by atoms with Crippen LogP contribution in [0.1, 0.15) is 43.0 Å². The quantitative estimate of drug-likeness (QED) is 0.791. The van der Waals surface area contributed by atoms with E-state index in [0.29, 0.717) is 0 Å². The van der Waals surface area contributed by atoms with Crippen molar-refractivity contribution in [1.82, 2.24) is 5.32 Å². The average molecular weight is 283 g/mol. The number of benzene rings is 2. The standard InChI is InChI=1S/C19H25NO/c1-5-10-20-16(4)18-8-6-7-9-19(18)21-17-12-14(2)11-15(3)13-17/h6-9,11-13,16,20H,5,10H2,1-4H3. The van der Waals surface area contributed by atoms with Crippen LogP contribution in [0.4, 0.5) is 0 Å². The molecule has 0 aliphatic heterocycles. The van der Waals surface area contributed by atoms with Gasteiger partial charge in [-0.2, -0.15) is 0 Å². The number of hydrogen-bond acceptors (Lipinski definition) is 2. The van der Waals surface area contributed by atoms with Crippen LogP contribution < -0.4 is 10.1 Å². The first-order chi connectivity index (χ1) is 10.1. The maximum atomic E-state index is 6.13. The van der Waals surface area contributed by atoms with E-state index in [2.05, 4.69) is 63.3 Å². The molecule has 0 saturated heterocycles. The Morgan fingerprint density at radius 1 is 1.05 bits per heavy atom. The molecule has 1 atom stereocenters. The summed E-state index contributed by atoms with van der Waals surface area (Å²) in [5.41, 5.74) is 3.64. The maximum absolute atomic E-state index is 6.13. The van der Waals surface area contributed by atoms with E-state index in [9.17, 15) is 0 Å². The molecule has 2 rings (SSSR count). The van der Waals surface area contributed by atoms with Crippen LogP contribution >= 0.6 is 0 Å². The fourth-order valence-electron chi connectivity index (χ4n) is 2.52. The summed E-state index contributed by atoms with van der Waals surface area (Å²) in [7, 11) is 0. The highest BCUT2D eigenvalue weighted by Crippen LogP contribution is 2.30. The summed E-state index contributed by atoms with van der Waals surface area (Å²) < 4.78 is 6.13. The van der Waals surface area contributed by atoms with E-state index in [1.807, 2.05) is 12.1 Å². The van der Waals surface area contributed by atoms with E-state index < -0.39 is 0 Å². The highest BCUT2D eigenvalue weighted by atomic mass is 16.5. The third-order valence-electron chi connectivity index (χ3n) is 3.51. The summed E-state index contributed by atoms with van der Waals surface area (Å²) in [5, 5.41) is 3.52. The Morgan fingerprint density at radius 2 is 1.71 bits per heavy atom. The summed E-state index contributed by atoms with van der Waals surface area (Å²) in [5.74, 6) is 1.83. The predicted octanol–water partition coefficient (Wildman–Crippen LogP) is 5.16. The van der Waals surface area contributed by atoms with Crippen LogP contribution in [0.25, 0.3) is 0 Å². The van der Waals surface area contributed by atoms with Gasteiger partial charge in [0, 0.05) is 11.6 Å². The summed E-state index contributed by atoms with van der Waals surface area (Å²) >= 11 is 0. The second kappa shape index (κ2) is 7.28. The van der Waals surface area contributed by atoms with E-state index in [-0.39, 0.29) is 6.04 Å². The second-order valence-electron chi connectivity index (χ2n) is 5.64. The third-order valence-corrected chi connectivity index (χ3v) is 3.51. The molecular weight excluding hydrogens is 258 g/mol. The van der Waals surface area contributed by atoms with Crippen molar-refractivity contribution in [2.75, 3.05) is 6.54 Å². The van der Waals surface area contributed by atoms with Crippen LogP contribution in [0.15, 0.2) is 42.5 Å². The van der Waals surface area contributed by atoms with Gasteiger partial charge in [0.1, 0.15) is 11.5 Å². The van der Waals surface area contributed by atoms with Crippen molar-refractivity contribution in [1.29, 1.82) is 0 Å². The molecular formula is C19H25NO. The first kappa shape index (κ1) is 15.6. The fraction of sp³-hybridized carbons (Fsp3) is 0.368. The molecule has 0 amide bonds. The van der Waals surface area contributed by atoms with Crippen molar-refractivity contribution >= 4 is 0 Å². The van der Waals surface area contributed by atoms with Gasteiger partial charge in [-0.15, -0.1) is 0 Å². The monoisotopic (exact) mass is 283 g/mol. The van der Waals surface area contributed by atoms with Gasteiger partial charge in [-0.3, -0.25) is 0 Å². The third kappa shape index (κ3) is 4.33. The van der Waals surface area contributed by atoms with Crippen molar-refractivity contribution in [2.24, 2.45) is 0 Å². The highest BCUT2D eigenvalue weighted by molar-refractivity contribution is 5.41. The van der Waals surface area contributed by atoms with Crippen LogP contribution in [0.5, 0.6) is 11.5 Å². The van der Waals surface area contributed by atoms with Gasteiger partial charge in [-0.25, -0.2) is 0 Å². The molecule has 2 nitrogen and oxygen atoms in total. The first-order valence-electron chi connectivity index (χ1n) is 7.68. The van der Waals surface area contributed by atoms with Gasteiger partial charge in [0.05, 0.1) is 0 Å². The maximum Gasteiger partial charge on any atom is 0.132 e. The van der Waals surface area contributed by atoms with Crippen molar-refractivity contribution in [3.05, 3.63) is 59.2 Å². The Balaban J connectivity index is 2.23. The van der Waals surface area contributed by atoms with Crippen LogP contribution in [0.2, 0.25) is 0 Å². The normalized spacial score (nSPS) is 12.2. The van der Waals surface area contributed by atoms with Gasteiger partial charge in [-0.05, 0) is 63.1 Å². The molecule has 0 radical (unpaired) electrons. The van der Waals surface area contributed by atoms with Gasteiger partial charge in [-0.1, -0.05) is 31.2 Å². The highest BCUT2D eigenvalue weighted by Gasteiger charge is 2.11. The Morgan fingerprint density at radius 3 is 2.38 bits per heavy atom. The summed E-state index contributed by atoms with van der Waals surface area (Å²) in [6.07, 6.45) is 1.13. The molecule has 1 unspecified atom stereocenters. The van der Waals surface area contributed by atoms with E-state index in [0.717, 1.165) is 24.5 Å². The van der Waals surface area contributed by atoms with Crippen LogP contribution in [0.3, 0.4) is 0 Å². The van der Waals surface area contributed by atoms with Crippen LogP contribution in [-0.4, -0.2) is 6.54 Å². The minimum absolute atomic E-state index is 0.284. The molecule has 1 N–H and O–H groups in total. The molecule has 2 heteroatoms. The topological polar surface area (TPSA) is 21.3 Å². The molecule has 0 spiro atoms. The molecule has 0 aromatic heterocycles. The zero-order valence-electron chi connectivity index (χ0n) is 13.4. The first-order valence-corrected chi connectivity index (χ1v) is 7.68. The molecule has 0 aliphatic rings. The number of hydrogen-bond donors (Lipinski definition) is 1. The Kier molecular flexibility index (Phi) is 5.40. The van der Waals surface area contributed by atoms with Gasteiger partial charge >= 0.3 is 0 Å². The number of aryl methyl sites for hydroxylation is 2. The minimum atomic E-state index is 0.284. The molecule has 0 fully saturated rings. The van der Waals surface area contributed by atoms with Crippen molar-refractivity contribution in [2.45, 2.75) is 40.2 Å². The number of para-hydroxylation sites is 1. The zero-order valence-corrected chi connectivity index (χ0v) is 13.4. The lowest BCUT2D eigenvalue weighted by Crippen LogP contribution is -2.19. The van der Waals surface area contributed by atoms with Crippen molar-refractivity contribution < 1.29 is 4.74 Å². The minimum Gasteiger partial charge on any atom is -0.457 e. The molecule has 21 heavy (non-hydrogen) atoms. The lowest BCUT2D eigenvalue weighted by molar-refractivity contribution is 0.460. The summed E-state index contributed by atoms with van der Waals surface area (Å²) in [6, 6.07) is 14.9. The summed E-state index contributed by atoms with van der Waals surface area (Å²) in [4.78, 5) is 0. The van der Waals surface area contributed by atoms with E-state index in [1.54, 1.807) is 0 Å². The van der Waals surface area contributed by atoms with E-state index in [4.69, 9.17) is 4.74 Å². The molecule has 0 bridgehead atoms. The van der Waals surface area contributed by atoms with E-state index in [1.165, 1.54) is 16.7 Å². The predicted molar refractivity (Wildman–Crippen MR) is 89.1 cm³/mol. The fourth-order valence-corrected chi connectivity index (χ4v) is 2.52. The number of rotatable bonds is 6. The molecule has 0 saturated carbocycles. The largest absolute Gasteiger partial charge is 0.457 e. The van der Waals surface area contributed by atoms with Crippen molar-refractivity contribution in [3.63, 3.8) is 0 Å². The second-order valence-corrected chi connectivity index (χ2v) is 5.64. The van der Waals surface area contributed by atoms with Gasteiger partial charge in [0.25, 0.3) is 0 Å². The Bertz CT molecular complexity index is 572. The van der Waals surface area contributed by atoms with Crippen molar-refractivity contribution in [3.8, 4) is 11.5 Å².